The highest BCUT2D eigenvalue weighted by Crippen LogP contribution is 2.18. The van der Waals surface area contributed by atoms with Crippen LogP contribution in [0.2, 0.25) is 0 Å². The van der Waals surface area contributed by atoms with Crippen molar-refractivity contribution < 1.29 is 24.3 Å². The maximum absolute atomic E-state index is 12.7. The first-order valence-electron chi connectivity index (χ1n) is 10.0. The number of rotatable bonds is 10. The SMILES string of the molecule is C[C@H](N)C(=O)N[C@@H](CCCNC(=N)N)C(=O)N[C@@H](C)C(=O)N1CCCC[C@H]1C(=O)O. The Morgan fingerprint density at radius 3 is 2.40 bits per heavy atom. The number of nitrogens with two attached hydrogens (primary N) is 2. The number of carbonyl (C=O) groups is 4. The topological polar surface area (TPSA) is 204 Å². The van der Waals surface area contributed by atoms with E-state index >= 15 is 0 Å². The minimum atomic E-state index is -1.07. The number of carboxylic acid groups (broad SMARTS) is 1. The molecule has 0 aromatic heterocycles. The fraction of sp³-hybridized carbons (Fsp3) is 0.722. The van der Waals surface area contributed by atoms with Gasteiger partial charge >= 0.3 is 5.97 Å². The number of carboxylic acids is 1. The summed E-state index contributed by atoms with van der Waals surface area (Å²) in [5, 5.41) is 24.2. The Hall–Kier alpha value is -2.89. The number of carbonyl (C=O) groups excluding carboxylic acids is 3. The lowest BCUT2D eigenvalue weighted by molar-refractivity contribution is -0.153. The molecule has 1 rings (SSSR count). The lowest BCUT2D eigenvalue weighted by Gasteiger charge is -2.35. The molecular formula is C18H33N7O5. The van der Waals surface area contributed by atoms with Crippen LogP contribution >= 0.6 is 0 Å². The zero-order chi connectivity index (χ0) is 22.8. The molecule has 0 radical (unpaired) electrons. The van der Waals surface area contributed by atoms with Gasteiger partial charge in [0.1, 0.15) is 18.1 Å². The van der Waals surface area contributed by atoms with Crippen molar-refractivity contribution in [3.63, 3.8) is 0 Å². The van der Waals surface area contributed by atoms with Gasteiger partial charge < -0.3 is 37.4 Å². The Bertz CT molecular complexity index is 655. The number of piperidine rings is 1. The summed E-state index contributed by atoms with van der Waals surface area (Å²) in [5.74, 6) is -2.84. The summed E-state index contributed by atoms with van der Waals surface area (Å²) in [7, 11) is 0. The molecule has 0 bridgehead atoms. The minimum Gasteiger partial charge on any atom is -0.480 e. The van der Waals surface area contributed by atoms with Gasteiger partial charge in [-0.15, -0.1) is 0 Å². The van der Waals surface area contributed by atoms with Crippen LogP contribution in [0.3, 0.4) is 0 Å². The standard InChI is InChI=1S/C18H33N7O5/c1-10(19)14(26)24-12(6-5-8-22-18(20)21)15(27)23-11(2)16(28)25-9-4-3-7-13(25)17(29)30/h10-13H,3-9,19H2,1-2H3,(H,23,27)(H,24,26)(H,29,30)(H4,20,21,22)/t10-,11-,12-,13-/m0/s1. The van der Waals surface area contributed by atoms with Crippen molar-refractivity contribution in [3.8, 4) is 0 Å². The van der Waals surface area contributed by atoms with Crippen molar-refractivity contribution in [1.82, 2.24) is 20.9 Å². The van der Waals surface area contributed by atoms with Gasteiger partial charge in [-0.3, -0.25) is 19.8 Å². The number of nitrogens with zero attached hydrogens (tertiary/aromatic N) is 1. The minimum absolute atomic E-state index is 0.204. The smallest absolute Gasteiger partial charge is 0.326 e. The number of hydrogen-bond donors (Lipinski definition) is 7. The highest BCUT2D eigenvalue weighted by molar-refractivity contribution is 5.93. The second-order valence-electron chi connectivity index (χ2n) is 7.44. The number of aliphatic carboxylic acids is 1. The molecule has 1 heterocycles. The summed E-state index contributed by atoms with van der Waals surface area (Å²) >= 11 is 0. The van der Waals surface area contributed by atoms with Crippen molar-refractivity contribution in [1.29, 1.82) is 5.41 Å². The van der Waals surface area contributed by atoms with Crippen molar-refractivity contribution in [2.75, 3.05) is 13.1 Å². The van der Waals surface area contributed by atoms with Gasteiger partial charge in [0.2, 0.25) is 17.7 Å². The van der Waals surface area contributed by atoms with Crippen LogP contribution in [-0.4, -0.2) is 76.9 Å². The largest absolute Gasteiger partial charge is 0.480 e. The molecule has 1 aliphatic rings. The van der Waals surface area contributed by atoms with E-state index in [0.29, 0.717) is 32.4 Å². The maximum Gasteiger partial charge on any atom is 0.326 e. The van der Waals surface area contributed by atoms with Crippen LogP contribution in [0.15, 0.2) is 0 Å². The fourth-order valence-corrected chi connectivity index (χ4v) is 3.18. The molecule has 0 unspecified atom stereocenters. The molecule has 1 fully saturated rings. The van der Waals surface area contributed by atoms with E-state index in [0.717, 1.165) is 6.42 Å². The second kappa shape index (κ2) is 12.0. The first kappa shape index (κ1) is 25.1. The summed E-state index contributed by atoms with van der Waals surface area (Å²) in [5.41, 5.74) is 10.8. The third-order valence-corrected chi connectivity index (χ3v) is 4.83. The predicted octanol–water partition coefficient (Wildman–Crippen LogP) is -1.95. The lowest BCUT2D eigenvalue weighted by Crippen LogP contribution is -2.57. The average molecular weight is 428 g/mol. The summed E-state index contributed by atoms with van der Waals surface area (Å²) in [6.45, 7) is 3.61. The van der Waals surface area contributed by atoms with E-state index in [1.54, 1.807) is 0 Å². The first-order valence-corrected chi connectivity index (χ1v) is 10.0. The first-order chi connectivity index (χ1) is 14.0. The number of amides is 3. The number of likely N-dealkylation sites (tertiary alicyclic amines) is 1. The molecule has 4 atom stereocenters. The van der Waals surface area contributed by atoms with Crippen LogP contribution in [0.5, 0.6) is 0 Å². The fourth-order valence-electron chi connectivity index (χ4n) is 3.18. The molecule has 1 saturated heterocycles. The molecule has 12 heteroatoms. The molecule has 0 aliphatic carbocycles. The Morgan fingerprint density at radius 2 is 1.83 bits per heavy atom. The zero-order valence-electron chi connectivity index (χ0n) is 17.4. The molecule has 9 N–H and O–H groups in total. The number of guanidine groups is 1. The number of nitrogens with one attached hydrogen (secondary N) is 4. The van der Waals surface area contributed by atoms with Crippen molar-refractivity contribution in [3.05, 3.63) is 0 Å². The summed E-state index contributed by atoms with van der Waals surface area (Å²) in [6, 6.07) is -3.62. The van der Waals surface area contributed by atoms with Crippen LogP contribution in [0.1, 0.15) is 46.0 Å². The summed E-state index contributed by atoms with van der Waals surface area (Å²) in [4.78, 5) is 50.1. The van der Waals surface area contributed by atoms with E-state index in [-0.39, 0.29) is 12.4 Å². The Kier molecular flexibility index (Phi) is 10.0. The van der Waals surface area contributed by atoms with Gasteiger partial charge in [-0.1, -0.05) is 0 Å². The molecule has 0 aromatic carbocycles. The maximum atomic E-state index is 12.7. The van der Waals surface area contributed by atoms with Gasteiger partial charge in [0.25, 0.3) is 0 Å². The van der Waals surface area contributed by atoms with E-state index in [4.69, 9.17) is 16.9 Å². The van der Waals surface area contributed by atoms with Gasteiger partial charge in [-0.25, -0.2) is 4.79 Å². The average Bonchev–Trinajstić information content (AvgIpc) is 2.68. The highest BCUT2D eigenvalue weighted by Gasteiger charge is 2.35. The Balaban J connectivity index is 2.76. The van der Waals surface area contributed by atoms with Crippen molar-refractivity contribution in [2.45, 2.75) is 70.1 Å². The molecule has 12 nitrogen and oxygen atoms in total. The van der Waals surface area contributed by atoms with Crippen LogP contribution < -0.4 is 27.4 Å². The quantitative estimate of drug-likeness (QED) is 0.118. The second-order valence-corrected chi connectivity index (χ2v) is 7.44. The van der Waals surface area contributed by atoms with E-state index in [2.05, 4.69) is 16.0 Å². The van der Waals surface area contributed by atoms with Gasteiger partial charge in [0, 0.05) is 13.1 Å². The molecule has 0 spiro atoms. The molecule has 170 valence electrons. The van der Waals surface area contributed by atoms with Crippen molar-refractivity contribution >= 4 is 29.7 Å². The van der Waals surface area contributed by atoms with E-state index in [1.165, 1.54) is 18.7 Å². The van der Waals surface area contributed by atoms with Crippen LogP contribution in [0.25, 0.3) is 0 Å². The Labute approximate surface area is 175 Å². The normalized spacial score (nSPS) is 19.2. The summed E-state index contributed by atoms with van der Waals surface area (Å²) < 4.78 is 0. The van der Waals surface area contributed by atoms with Crippen LogP contribution in [-0.2, 0) is 19.2 Å². The van der Waals surface area contributed by atoms with Crippen LogP contribution in [0.4, 0.5) is 0 Å². The molecule has 0 aromatic rings. The Morgan fingerprint density at radius 1 is 1.17 bits per heavy atom. The lowest BCUT2D eigenvalue weighted by atomic mass is 10.0. The molecule has 3 amide bonds. The predicted molar refractivity (Wildman–Crippen MR) is 109 cm³/mol. The third kappa shape index (κ3) is 7.85. The molecule has 0 saturated carbocycles. The van der Waals surface area contributed by atoms with Gasteiger partial charge in [0.15, 0.2) is 5.96 Å². The van der Waals surface area contributed by atoms with E-state index < -0.39 is 47.9 Å². The van der Waals surface area contributed by atoms with Crippen molar-refractivity contribution in [2.24, 2.45) is 11.5 Å². The summed E-state index contributed by atoms with van der Waals surface area (Å²) in [6.07, 6.45) is 2.45. The van der Waals surface area contributed by atoms with Gasteiger partial charge in [-0.2, -0.15) is 0 Å². The highest BCUT2D eigenvalue weighted by atomic mass is 16.4. The third-order valence-electron chi connectivity index (χ3n) is 4.83. The van der Waals surface area contributed by atoms with Gasteiger partial charge in [-0.05, 0) is 46.0 Å². The molecule has 30 heavy (non-hydrogen) atoms. The van der Waals surface area contributed by atoms with E-state index in [9.17, 15) is 24.3 Å². The molecular weight excluding hydrogens is 394 g/mol. The van der Waals surface area contributed by atoms with E-state index in [1.807, 2.05) is 0 Å². The molecule has 1 aliphatic heterocycles. The zero-order valence-corrected chi connectivity index (χ0v) is 17.4. The van der Waals surface area contributed by atoms with Crippen LogP contribution in [0, 0.1) is 5.41 Å². The monoisotopic (exact) mass is 427 g/mol. The number of hydrogen-bond acceptors (Lipinski definition) is 6. The van der Waals surface area contributed by atoms with Gasteiger partial charge in [0.05, 0.1) is 6.04 Å².